The molecule has 0 bridgehead atoms. The number of hydrogen-bond donors (Lipinski definition) is 2. The third-order valence-corrected chi connectivity index (χ3v) is 4.85. The number of alkyl halides is 3. The van der Waals surface area contributed by atoms with Crippen molar-refractivity contribution in [2.24, 2.45) is 0 Å². The maximum Gasteiger partial charge on any atom is 0.416 e. The molecule has 0 aliphatic carbocycles. The maximum absolute atomic E-state index is 12.5. The van der Waals surface area contributed by atoms with Crippen LogP contribution in [0.15, 0.2) is 41.4 Å². The summed E-state index contributed by atoms with van der Waals surface area (Å²) in [7, 11) is -0.208. The van der Waals surface area contributed by atoms with Crippen LogP contribution in [0.25, 0.3) is 0 Å². The van der Waals surface area contributed by atoms with E-state index >= 15 is 0 Å². The number of benzene rings is 1. The fourth-order valence-corrected chi connectivity index (χ4v) is 3.00. The normalized spacial score (nSPS) is 12.0. The van der Waals surface area contributed by atoms with Crippen LogP contribution < -0.4 is 14.9 Å². The molecule has 2 aromatic rings. The minimum atomic E-state index is -4.51. The number of sulfonamides is 1. The van der Waals surface area contributed by atoms with Crippen molar-refractivity contribution >= 4 is 21.5 Å². The molecule has 0 unspecified atom stereocenters. The average Bonchev–Trinajstić information content (AvgIpc) is 2.58. The zero-order valence-electron chi connectivity index (χ0n) is 14.1. The van der Waals surface area contributed by atoms with Crippen molar-refractivity contribution < 1.29 is 21.6 Å². The third-order valence-electron chi connectivity index (χ3n) is 3.37. The fourth-order valence-electron chi connectivity index (χ4n) is 1.97. The Morgan fingerprint density at radius 1 is 1.12 bits per heavy atom. The molecule has 7 nitrogen and oxygen atoms in total. The van der Waals surface area contributed by atoms with Crippen LogP contribution in [0.5, 0.6) is 0 Å². The quantitative estimate of drug-likeness (QED) is 0.704. The molecule has 2 N–H and O–H groups in total. The highest BCUT2D eigenvalue weighted by molar-refractivity contribution is 7.89. The Bertz CT molecular complexity index is 839. The minimum Gasteiger partial charge on any atom is -0.376 e. The molecule has 0 saturated heterocycles. The molecule has 0 aliphatic rings. The van der Waals surface area contributed by atoms with Crippen molar-refractivity contribution in [2.45, 2.75) is 11.1 Å². The van der Waals surface area contributed by atoms with E-state index in [-0.39, 0.29) is 18.0 Å². The summed E-state index contributed by atoms with van der Waals surface area (Å²) in [5, 5.41) is 10.6. The standard InChI is InChI=1S/C15H18F3N5O2S/c1-23(2)12-9-14(22-20-10-12)19-7-8-21-26(24,25)13-5-3-11(4-6-13)15(16,17)18/h3-6,9-10,21H,7-8H2,1-2H3,(H,19,22). The van der Waals surface area contributed by atoms with Gasteiger partial charge in [0.15, 0.2) is 5.82 Å². The van der Waals surface area contributed by atoms with Crippen LogP contribution >= 0.6 is 0 Å². The first-order valence-corrected chi connectivity index (χ1v) is 8.99. The van der Waals surface area contributed by atoms with Crippen LogP contribution in [0.3, 0.4) is 0 Å². The highest BCUT2D eigenvalue weighted by Crippen LogP contribution is 2.29. The van der Waals surface area contributed by atoms with Gasteiger partial charge >= 0.3 is 6.18 Å². The van der Waals surface area contributed by atoms with E-state index in [1.165, 1.54) is 0 Å². The van der Waals surface area contributed by atoms with Crippen molar-refractivity contribution in [3.63, 3.8) is 0 Å². The van der Waals surface area contributed by atoms with Crippen LogP contribution in [-0.4, -0.2) is 45.8 Å². The largest absolute Gasteiger partial charge is 0.416 e. The summed E-state index contributed by atoms with van der Waals surface area (Å²) in [6, 6.07) is 5.05. The molecule has 2 rings (SSSR count). The van der Waals surface area contributed by atoms with Gasteiger partial charge in [-0.05, 0) is 24.3 Å². The molecule has 1 aromatic heterocycles. The molecule has 11 heteroatoms. The van der Waals surface area contributed by atoms with Crippen LogP contribution in [0, 0.1) is 0 Å². The van der Waals surface area contributed by atoms with Crippen molar-refractivity contribution in [2.75, 3.05) is 37.4 Å². The Balaban J connectivity index is 1.91. The highest BCUT2D eigenvalue weighted by Gasteiger charge is 2.30. The summed E-state index contributed by atoms with van der Waals surface area (Å²) in [6.07, 6.45) is -2.93. The van der Waals surface area contributed by atoms with Gasteiger partial charge in [0.1, 0.15) is 0 Å². The molecular formula is C15H18F3N5O2S. The van der Waals surface area contributed by atoms with E-state index in [1.54, 1.807) is 12.3 Å². The van der Waals surface area contributed by atoms with Crippen molar-refractivity contribution in [1.29, 1.82) is 0 Å². The van der Waals surface area contributed by atoms with E-state index in [4.69, 9.17) is 0 Å². The second kappa shape index (κ2) is 7.87. The lowest BCUT2D eigenvalue weighted by atomic mass is 10.2. The summed E-state index contributed by atoms with van der Waals surface area (Å²) >= 11 is 0. The minimum absolute atomic E-state index is 0.0250. The second-order valence-corrected chi connectivity index (χ2v) is 7.31. The predicted octanol–water partition coefficient (Wildman–Crippen LogP) is 1.95. The van der Waals surface area contributed by atoms with Gasteiger partial charge in [0.25, 0.3) is 0 Å². The monoisotopic (exact) mass is 389 g/mol. The Hall–Kier alpha value is -2.40. The lowest BCUT2D eigenvalue weighted by Gasteiger charge is -2.13. The van der Waals surface area contributed by atoms with Crippen LogP contribution in [0.2, 0.25) is 0 Å². The summed E-state index contributed by atoms with van der Waals surface area (Å²) in [5.74, 6) is 0.477. The van der Waals surface area contributed by atoms with Gasteiger partial charge in [0.2, 0.25) is 10.0 Å². The van der Waals surface area contributed by atoms with Gasteiger partial charge in [0, 0.05) is 33.3 Å². The Labute approximate surface area is 149 Å². The number of rotatable bonds is 7. The van der Waals surface area contributed by atoms with Crippen LogP contribution in [0.1, 0.15) is 5.56 Å². The van der Waals surface area contributed by atoms with Crippen molar-refractivity contribution in [1.82, 2.24) is 14.9 Å². The number of anilines is 2. The average molecular weight is 389 g/mol. The van der Waals surface area contributed by atoms with Crippen molar-refractivity contribution in [3.05, 3.63) is 42.1 Å². The first-order valence-electron chi connectivity index (χ1n) is 7.50. The van der Waals surface area contributed by atoms with Gasteiger partial charge in [-0.15, -0.1) is 5.10 Å². The fraction of sp³-hybridized carbons (Fsp3) is 0.333. The summed E-state index contributed by atoms with van der Waals surface area (Å²) < 4.78 is 64.0. The lowest BCUT2D eigenvalue weighted by Crippen LogP contribution is -2.29. The maximum atomic E-state index is 12.5. The summed E-state index contributed by atoms with van der Waals surface area (Å²) in [6.45, 7) is 0.253. The first kappa shape index (κ1) is 19.9. The zero-order chi connectivity index (χ0) is 19.4. The Morgan fingerprint density at radius 3 is 2.35 bits per heavy atom. The molecule has 0 radical (unpaired) electrons. The molecule has 0 spiro atoms. The van der Waals surface area contributed by atoms with Gasteiger partial charge in [-0.1, -0.05) is 0 Å². The molecule has 0 atom stereocenters. The first-order chi connectivity index (χ1) is 12.1. The molecule has 1 heterocycles. The number of nitrogens with zero attached hydrogens (tertiary/aromatic N) is 3. The number of halogens is 3. The molecular weight excluding hydrogens is 371 g/mol. The molecule has 142 valence electrons. The predicted molar refractivity (Wildman–Crippen MR) is 91.5 cm³/mol. The Morgan fingerprint density at radius 2 is 1.77 bits per heavy atom. The molecule has 0 fully saturated rings. The summed E-state index contributed by atoms with van der Waals surface area (Å²) in [5.41, 5.74) is -0.0784. The third kappa shape index (κ3) is 5.30. The molecule has 1 aromatic carbocycles. The van der Waals surface area contributed by atoms with Gasteiger partial charge in [-0.3, -0.25) is 0 Å². The number of aromatic nitrogens is 2. The van der Waals surface area contributed by atoms with E-state index in [2.05, 4.69) is 20.2 Å². The van der Waals surface area contributed by atoms with E-state index in [0.29, 0.717) is 5.82 Å². The molecule has 0 amide bonds. The van der Waals surface area contributed by atoms with Gasteiger partial charge < -0.3 is 10.2 Å². The number of hydrogen-bond acceptors (Lipinski definition) is 6. The van der Waals surface area contributed by atoms with Crippen LogP contribution in [-0.2, 0) is 16.2 Å². The summed E-state index contributed by atoms with van der Waals surface area (Å²) in [4.78, 5) is 1.60. The van der Waals surface area contributed by atoms with E-state index in [0.717, 1.165) is 30.0 Å². The molecule has 0 saturated carbocycles. The van der Waals surface area contributed by atoms with Gasteiger partial charge in [0.05, 0.1) is 22.3 Å². The molecule has 26 heavy (non-hydrogen) atoms. The van der Waals surface area contributed by atoms with Crippen molar-refractivity contribution in [3.8, 4) is 0 Å². The van der Waals surface area contributed by atoms with E-state index < -0.39 is 21.8 Å². The topological polar surface area (TPSA) is 87.2 Å². The lowest BCUT2D eigenvalue weighted by molar-refractivity contribution is -0.137. The van der Waals surface area contributed by atoms with Crippen LogP contribution in [0.4, 0.5) is 24.7 Å². The highest BCUT2D eigenvalue weighted by atomic mass is 32.2. The van der Waals surface area contributed by atoms with Gasteiger partial charge in [-0.25, -0.2) is 13.1 Å². The number of nitrogens with one attached hydrogen (secondary N) is 2. The van der Waals surface area contributed by atoms with E-state index in [9.17, 15) is 21.6 Å². The molecule has 0 aliphatic heterocycles. The Kier molecular flexibility index (Phi) is 6.03. The smallest absolute Gasteiger partial charge is 0.376 e. The second-order valence-electron chi connectivity index (χ2n) is 5.54. The van der Waals surface area contributed by atoms with Gasteiger partial charge in [-0.2, -0.15) is 18.3 Å². The zero-order valence-corrected chi connectivity index (χ0v) is 14.9. The van der Waals surface area contributed by atoms with E-state index in [1.807, 2.05) is 19.0 Å². The SMILES string of the molecule is CN(C)c1cnnc(NCCNS(=O)(=O)c2ccc(C(F)(F)F)cc2)c1.